The van der Waals surface area contributed by atoms with Crippen LogP contribution in [0.15, 0.2) is 36.4 Å². The van der Waals surface area contributed by atoms with E-state index >= 15 is 0 Å². The lowest BCUT2D eigenvalue weighted by Crippen LogP contribution is -2.61. The van der Waals surface area contributed by atoms with Gasteiger partial charge in [-0.3, -0.25) is 9.59 Å². The van der Waals surface area contributed by atoms with Crippen molar-refractivity contribution in [3.05, 3.63) is 42.0 Å². The van der Waals surface area contributed by atoms with Crippen LogP contribution in [-0.4, -0.2) is 46.1 Å². The van der Waals surface area contributed by atoms with Crippen LogP contribution in [0.5, 0.6) is 11.5 Å². The number of piperidine rings is 1. The highest BCUT2D eigenvalue weighted by Gasteiger charge is 2.46. The van der Waals surface area contributed by atoms with Crippen molar-refractivity contribution < 1.29 is 24.3 Å². The van der Waals surface area contributed by atoms with Crippen molar-refractivity contribution in [1.29, 1.82) is 0 Å². The fraction of sp³-hybridized carbons (Fsp3) is 0.556. The highest BCUT2D eigenvalue weighted by molar-refractivity contribution is 6.42. The van der Waals surface area contributed by atoms with Gasteiger partial charge < -0.3 is 14.7 Å². The standard InChI is InChI=1S/C27H39NO5/c1-25(2,3)15-9-10-21(29)22(30)13-11-19-12-14-23(24(16-19)32-8)33-20-17-26(4,5)28(31)27(6,7)18-20/h9,11-16,20,31H,10,17-18H2,1-8H3/b13-11+,15-9-. The first kappa shape index (κ1) is 26.8. The fourth-order valence-corrected chi connectivity index (χ4v) is 4.21. The molecule has 0 saturated carbocycles. The molecule has 6 heteroatoms. The minimum atomic E-state index is -0.534. The third-order valence-corrected chi connectivity index (χ3v) is 5.71. The lowest BCUT2D eigenvalue weighted by Gasteiger charge is -2.51. The van der Waals surface area contributed by atoms with Gasteiger partial charge in [-0.2, -0.15) is 5.06 Å². The van der Waals surface area contributed by atoms with Crippen molar-refractivity contribution in [2.45, 2.75) is 84.9 Å². The number of allylic oxidation sites excluding steroid dienone is 3. The summed E-state index contributed by atoms with van der Waals surface area (Å²) in [5, 5.41) is 11.9. The molecule has 0 aromatic heterocycles. The second-order valence-corrected chi connectivity index (χ2v) is 11.1. The van der Waals surface area contributed by atoms with Crippen molar-refractivity contribution >= 4 is 17.6 Å². The maximum atomic E-state index is 12.2. The van der Waals surface area contributed by atoms with Crippen LogP contribution in [0.25, 0.3) is 6.08 Å². The number of hydrogen-bond acceptors (Lipinski definition) is 6. The second-order valence-electron chi connectivity index (χ2n) is 11.1. The predicted molar refractivity (Wildman–Crippen MR) is 131 cm³/mol. The Balaban J connectivity index is 2.08. The van der Waals surface area contributed by atoms with Crippen LogP contribution in [0, 0.1) is 5.41 Å². The van der Waals surface area contributed by atoms with E-state index in [1.54, 1.807) is 25.3 Å². The monoisotopic (exact) mass is 457 g/mol. The highest BCUT2D eigenvalue weighted by Crippen LogP contribution is 2.40. The van der Waals surface area contributed by atoms with Crippen molar-refractivity contribution in [1.82, 2.24) is 5.06 Å². The molecule has 0 radical (unpaired) electrons. The Bertz CT molecular complexity index is 903. The van der Waals surface area contributed by atoms with Gasteiger partial charge in [-0.1, -0.05) is 45.1 Å². The number of nitrogens with zero attached hydrogens (tertiary/aromatic N) is 1. The molecule has 0 unspecified atom stereocenters. The molecule has 6 nitrogen and oxygen atoms in total. The largest absolute Gasteiger partial charge is 0.493 e. The molecule has 0 amide bonds. The van der Waals surface area contributed by atoms with Gasteiger partial charge in [0.25, 0.3) is 0 Å². The molecule has 2 rings (SSSR count). The molecule has 1 N–H and O–H groups in total. The number of methoxy groups -OCH3 is 1. The molecule has 1 heterocycles. The zero-order chi connectivity index (χ0) is 25.0. The van der Waals surface area contributed by atoms with Gasteiger partial charge >= 0.3 is 0 Å². The maximum absolute atomic E-state index is 12.2. The topological polar surface area (TPSA) is 76.1 Å². The molecule has 1 aliphatic heterocycles. The average molecular weight is 458 g/mol. The number of hydrogen-bond donors (Lipinski definition) is 1. The Morgan fingerprint density at radius 1 is 1.12 bits per heavy atom. The molecule has 182 valence electrons. The summed E-state index contributed by atoms with van der Waals surface area (Å²) in [4.78, 5) is 24.2. The van der Waals surface area contributed by atoms with Crippen LogP contribution in [0.2, 0.25) is 0 Å². The van der Waals surface area contributed by atoms with Gasteiger partial charge in [-0.05, 0) is 56.9 Å². The zero-order valence-corrected chi connectivity index (χ0v) is 21.3. The van der Waals surface area contributed by atoms with E-state index in [1.807, 2.05) is 66.7 Å². The van der Waals surface area contributed by atoms with Gasteiger partial charge in [-0.15, -0.1) is 0 Å². The maximum Gasteiger partial charge on any atom is 0.221 e. The van der Waals surface area contributed by atoms with E-state index in [2.05, 4.69) is 0 Å². The van der Waals surface area contributed by atoms with Crippen LogP contribution >= 0.6 is 0 Å². The van der Waals surface area contributed by atoms with Crippen molar-refractivity contribution in [3.63, 3.8) is 0 Å². The molecule has 33 heavy (non-hydrogen) atoms. The number of ketones is 2. The Kier molecular flexibility index (Phi) is 8.31. The smallest absolute Gasteiger partial charge is 0.221 e. The minimum Gasteiger partial charge on any atom is -0.493 e. The number of carbonyl (C=O) groups is 2. The SMILES string of the molecule is COc1cc(/C=C/C(=O)C(=O)C/C=C\C(C)(C)C)ccc1OC1CC(C)(C)N(O)C(C)(C)C1. The Morgan fingerprint density at radius 3 is 2.27 bits per heavy atom. The highest BCUT2D eigenvalue weighted by atomic mass is 16.5. The zero-order valence-electron chi connectivity index (χ0n) is 21.3. The third kappa shape index (κ3) is 7.54. The summed E-state index contributed by atoms with van der Waals surface area (Å²) >= 11 is 0. The summed E-state index contributed by atoms with van der Waals surface area (Å²) in [6.45, 7) is 14.1. The normalized spacial score (nSPS) is 19.2. The Hall–Kier alpha value is -2.44. The average Bonchev–Trinajstić information content (AvgIpc) is 2.69. The van der Waals surface area contributed by atoms with E-state index in [1.165, 1.54) is 11.1 Å². The van der Waals surface area contributed by atoms with Crippen LogP contribution in [-0.2, 0) is 9.59 Å². The summed E-state index contributed by atoms with van der Waals surface area (Å²) in [6, 6.07) is 5.41. The van der Waals surface area contributed by atoms with Gasteiger partial charge in [0.2, 0.25) is 11.6 Å². The van der Waals surface area contributed by atoms with Crippen LogP contribution in [0.1, 0.15) is 73.3 Å². The molecule has 0 bridgehead atoms. The number of ether oxygens (including phenoxy) is 2. The first-order chi connectivity index (χ1) is 15.1. The van der Waals surface area contributed by atoms with Gasteiger partial charge in [-0.25, -0.2) is 0 Å². The van der Waals surface area contributed by atoms with Gasteiger partial charge in [0.15, 0.2) is 11.5 Å². The quantitative estimate of drug-likeness (QED) is 0.310. The van der Waals surface area contributed by atoms with Crippen LogP contribution in [0.4, 0.5) is 0 Å². The third-order valence-electron chi connectivity index (χ3n) is 5.71. The van der Waals surface area contributed by atoms with Crippen LogP contribution in [0.3, 0.4) is 0 Å². The Morgan fingerprint density at radius 2 is 1.73 bits per heavy atom. The number of hydroxylamine groups is 2. The molecule has 1 aromatic rings. The molecular weight excluding hydrogens is 418 g/mol. The van der Waals surface area contributed by atoms with Gasteiger partial charge in [0.05, 0.1) is 7.11 Å². The molecule has 1 aliphatic rings. The van der Waals surface area contributed by atoms with Crippen molar-refractivity contribution in [3.8, 4) is 11.5 Å². The summed E-state index contributed by atoms with van der Waals surface area (Å²) in [7, 11) is 1.57. The van der Waals surface area contributed by atoms with E-state index in [9.17, 15) is 14.8 Å². The molecule has 1 aromatic carbocycles. The predicted octanol–water partition coefficient (Wildman–Crippen LogP) is 5.63. The summed E-state index contributed by atoms with van der Waals surface area (Å²) in [5.74, 6) is 0.172. The summed E-state index contributed by atoms with van der Waals surface area (Å²) in [5.41, 5.74) is -0.134. The van der Waals surface area contributed by atoms with E-state index in [0.717, 1.165) is 5.56 Å². The van der Waals surface area contributed by atoms with Crippen LogP contribution < -0.4 is 9.47 Å². The molecular formula is C27H39NO5. The molecule has 0 aliphatic carbocycles. The molecule has 1 saturated heterocycles. The Labute approximate surface area is 198 Å². The number of rotatable bonds is 8. The molecule has 0 atom stereocenters. The van der Waals surface area contributed by atoms with Crippen molar-refractivity contribution in [2.24, 2.45) is 5.41 Å². The first-order valence-electron chi connectivity index (χ1n) is 11.4. The van der Waals surface area contributed by atoms with Gasteiger partial charge in [0, 0.05) is 30.3 Å². The van der Waals surface area contributed by atoms with E-state index in [-0.39, 0.29) is 17.9 Å². The van der Waals surface area contributed by atoms with Crippen molar-refractivity contribution in [2.75, 3.05) is 7.11 Å². The van der Waals surface area contributed by atoms with E-state index in [4.69, 9.17) is 9.47 Å². The first-order valence-corrected chi connectivity index (χ1v) is 11.4. The number of Topliss-reactive ketones (excluding diaryl/α,β-unsaturated/α-hetero) is 1. The number of carbonyl (C=O) groups excluding carboxylic acids is 2. The number of benzene rings is 1. The molecule has 0 spiro atoms. The minimum absolute atomic E-state index is 0.0276. The fourth-order valence-electron chi connectivity index (χ4n) is 4.21. The lowest BCUT2D eigenvalue weighted by atomic mass is 9.80. The molecule has 1 fully saturated rings. The summed E-state index contributed by atoms with van der Waals surface area (Å²) in [6.07, 6.45) is 7.91. The lowest BCUT2D eigenvalue weighted by molar-refractivity contribution is -0.254. The van der Waals surface area contributed by atoms with E-state index < -0.39 is 22.6 Å². The second kappa shape index (κ2) is 10.2. The summed E-state index contributed by atoms with van der Waals surface area (Å²) < 4.78 is 11.8. The van der Waals surface area contributed by atoms with Gasteiger partial charge in [0.1, 0.15) is 6.10 Å². The van der Waals surface area contributed by atoms with E-state index in [0.29, 0.717) is 24.3 Å².